The van der Waals surface area contributed by atoms with Crippen LogP contribution < -0.4 is 5.32 Å². The lowest BCUT2D eigenvalue weighted by atomic mass is 9.93. The number of carbonyl (C=O) groups is 2. The number of carboxylic acid groups (broad SMARTS) is 1. The Balaban J connectivity index is 0.00000102. The number of rotatable bonds is 16. The molecule has 4 rings (SSSR count). The molecule has 51 heavy (non-hydrogen) atoms. The number of likely N-dealkylation sites (tertiary alicyclic amines) is 1. The van der Waals surface area contributed by atoms with Crippen LogP contribution in [0, 0.1) is 6.92 Å². The quantitative estimate of drug-likeness (QED) is 0.150. The molecular formula is C40H58N2O6S3. The molecule has 8 nitrogen and oxygen atoms in total. The van der Waals surface area contributed by atoms with Crippen molar-refractivity contribution in [2.45, 2.75) is 83.4 Å². The van der Waals surface area contributed by atoms with Crippen LogP contribution in [-0.4, -0.2) is 91.6 Å². The SMILES string of the molecule is CCCCC.CSC.CSC1CC(COCc2ccccc2)N(Cc2ccc(C(=O)NC(CCS(C)(=O)=O)C(=O)O)c(-c3ccccc3C)c2)C1. The number of carbonyl (C=O) groups excluding carboxylic acids is 1. The van der Waals surface area contributed by atoms with Gasteiger partial charge in [0.15, 0.2) is 0 Å². The molecule has 1 saturated heterocycles. The van der Waals surface area contributed by atoms with Crippen LogP contribution >= 0.6 is 23.5 Å². The average Bonchev–Trinajstić information content (AvgIpc) is 3.49. The minimum absolute atomic E-state index is 0.211. The van der Waals surface area contributed by atoms with E-state index in [-0.39, 0.29) is 18.2 Å². The Kier molecular flexibility index (Phi) is 20.6. The number of unbranched alkanes of at least 4 members (excludes halogenated alkanes) is 2. The molecule has 3 atom stereocenters. The maximum atomic E-state index is 13.5. The second kappa shape index (κ2) is 23.7. The van der Waals surface area contributed by atoms with Gasteiger partial charge in [-0.2, -0.15) is 23.5 Å². The van der Waals surface area contributed by atoms with E-state index in [2.05, 4.69) is 42.5 Å². The Morgan fingerprint density at radius 1 is 0.961 bits per heavy atom. The van der Waals surface area contributed by atoms with E-state index < -0.39 is 27.8 Å². The van der Waals surface area contributed by atoms with Crippen LogP contribution in [0.3, 0.4) is 0 Å². The number of amides is 1. The first kappa shape index (κ1) is 44.3. The molecule has 1 aliphatic heterocycles. The van der Waals surface area contributed by atoms with Crippen molar-refractivity contribution in [1.82, 2.24) is 10.2 Å². The van der Waals surface area contributed by atoms with Crippen LogP contribution in [0.4, 0.5) is 0 Å². The fraction of sp³-hybridized carbons (Fsp3) is 0.500. The van der Waals surface area contributed by atoms with Crippen molar-refractivity contribution in [1.29, 1.82) is 0 Å². The number of aliphatic carboxylic acids is 1. The minimum Gasteiger partial charge on any atom is -0.480 e. The van der Waals surface area contributed by atoms with Gasteiger partial charge in [-0.15, -0.1) is 0 Å². The van der Waals surface area contributed by atoms with Gasteiger partial charge in [0, 0.05) is 36.2 Å². The molecule has 0 aromatic heterocycles. The Bertz CT molecular complexity index is 1580. The predicted molar refractivity (Wildman–Crippen MR) is 217 cm³/mol. The highest BCUT2D eigenvalue weighted by molar-refractivity contribution is 7.99. The predicted octanol–water partition coefficient (Wildman–Crippen LogP) is 7.98. The summed E-state index contributed by atoms with van der Waals surface area (Å²) < 4.78 is 29.4. The Morgan fingerprint density at radius 3 is 2.18 bits per heavy atom. The number of hydrogen-bond donors (Lipinski definition) is 2. The van der Waals surface area contributed by atoms with Crippen LogP contribution in [0.25, 0.3) is 11.1 Å². The van der Waals surface area contributed by atoms with Crippen LogP contribution in [0.1, 0.15) is 73.0 Å². The number of carboxylic acids is 1. The molecule has 3 aromatic rings. The van der Waals surface area contributed by atoms with E-state index in [9.17, 15) is 23.1 Å². The van der Waals surface area contributed by atoms with Crippen LogP contribution in [0.15, 0.2) is 72.8 Å². The second-order valence-corrected chi connectivity index (χ2v) is 17.1. The standard InChI is InChI=1S/C33H40N2O6S2.C5H12.C2H6S/c1-23-9-7-8-12-28(23)30-17-25(13-14-29(30)32(36)34-31(33(37)38)15-16-43(3,39)40)19-35-20-27(42-2)18-26(35)22-41-21-24-10-5-4-6-11-24;1-3-5-4-2;1-3-2/h4-14,17,26-27,31H,15-16,18-22H2,1-3H3,(H,34,36)(H,37,38);3-5H2,1-2H3;1-2H3. The molecule has 1 fully saturated rings. The van der Waals surface area contributed by atoms with E-state index in [1.165, 1.54) is 19.3 Å². The molecular weight excluding hydrogens is 701 g/mol. The first-order valence-electron chi connectivity index (χ1n) is 17.6. The summed E-state index contributed by atoms with van der Waals surface area (Å²) >= 11 is 3.62. The van der Waals surface area contributed by atoms with Gasteiger partial charge in [-0.25, -0.2) is 13.2 Å². The molecule has 0 bridgehead atoms. The van der Waals surface area contributed by atoms with Crippen molar-refractivity contribution >= 4 is 45.2 Å². The number of thioether (sulfide) groups is 2. The van der Waals surface area contributed by atoms with E-state index in [4.69, 9.17) is 4.74 Å². The molecule has 1 aliphatic rings. The number of sulfone groups is 1. The number of ether oxygens (including phenoxy) is 1. The topological polar surface area (TPSA) is 113 Å². The lowest BCUT2D eigenvalue weighted by Gasteiger charge is -2.25. The first-order valence-corrected chi connectivity index (χ1v) is 22.5. The summed E-state index contributed by atoms with van der Waals surface area (Å²) in [6.45, 7) is 9.21. The summed E-state index contributed by atoms with van der Waals surface area (Å²) in [5.41, 5.74) is 5.09. The monoisotopic (exact) mass is 758 g/mol. The highest BCUT2D eigenvalue weighted by Crippen LogP contribution is 2.32. The van der Waals surface area contributed by atoms with Crippen molar-refractivity contribution in [3.8, 4) is 11.1 Å². The third-order valence-corrected chi connectivity index (χ3v) is 10.5. The van der Waals surface area contributed by atoms with Crippen LogP contribution in [0.5, 0.6) is 0 Å². The van der Waals surface area contributed by atoms with Crippen molar-refractivity contribution in [3.05, 3.63) is 95.1 Å². The third kappa shape index (κ3) is 16.2. The Hall–Kier alpha value is -2.83. The summed E-state index contributed by atoms with van der Waals surface area (Å²) in [4.78, 5) is 27.8. The number of nitrogens with one attached hydrogen (secondary N) is 1. The minimum atomic E-state index is -3.39. The van der Waals surface area contributed by atoms with Crippen LogP contribution in [0.2, 0.25) is 0 Å². The first-order chi connectivity index (χ1) is 24.4. The molecule has 2 N–H and O–H groups in total. The van der Waals surface area contributed by atoms with Crippen molar-refractivity contribution < 1.29 is 27.9 Å². The smallest absolute Gasteiger partial charge is 0.326 e. The van der Waals surface area contributed by atoms with Gasteiger partial charge < -0.3 is 15.2 Å². The summed E-state index contributed by atoms with van der Waals surface area (Å²) in [5.74, 6) is -2.16. The van der Waals surface area contributed by atoms with Gasteiger partial charge in [0.05, 0.1) is 19.0 Å². The van der Waals surface area contributed by atoms with Crippen LogP contribution in [-0.2, 0) is 32.5 Å². The number of aryl methyl sites for hydroxylation is 1. The molecule has 1 amide bonds. The Labute approximate surface area is 315 Å². The average molecular weight is 759 g/mol. The normalized spacial score (nSPS) is 16.3. The maximum Gasteiger partial charge on any atom is 0.326 e. The fourth-order valence-corrected chi connectivity index (χ4v) is 7.18. The van der Waals surface area contributed by atoms with E-state index >= 15 is 0 Å². The number of benzene rings is 3. The third-order valence-electron chi connectivity index (χ3n) is 8.48. The van der Waals surface area contributed by atoms with Crippen molar-refractivity contribution in [3.63, 3.8) is 0 Å². The molecule has 11 heteroatoms. The summed E-state index contributed by atoms with van der Waals surface area (Å²) in [5, 5.41) is 12.7. The second-order valence-electron chi connectivity index (χ2n) is 12.9. The molecule has 0 radical (unpaired) electrons. The van der Waals surface area contributed by atoms with E-state index in [0.717, 1.165) is 41.5 Å². The summed E-state index contributed by atoms with van der Waals surface area (Å²) in [7, 11) is -3.39. The van der Waals surface area contributed by atoms with Gasteiger partial charge in [0.1, 0.15) is 15.9 Å². The largest absolute Gasteiger partial charge is 0.480 e. The molecule has 282 valence electrons. The maximum absolute atomic E-state index is 13.5. The number of hydrogen-bond acceptors (Lipinski definition) is 8. The van der Waals surface area contributed by atoms with Gasteiger partial charge >= 0.3 is 5.97 Å². The van der Waals surface area contributed by atoms with E-state index in [0.29, 0.717) is 36.1 Å². The zero-order valence-corrected chi connectivity index (χ0v) is 33.8. The van der Waals surface area contributed by atoms with E-state index in [1.807, 2.05) is 85.8 Å². The zero-order chi connectivity index (χ0) is 37.8. The van der Waals surface area contributed by atoms with Gasteiger partial charge in [-0.1, -0.05) is 93.8 Å². The number of nitrogens with zero attached hydrogens (tertiary/aromatic N) is 1. The van der Waals surface area contributed by atoms with Crippen molar-refractivity contribution in [2.75, 3.05) is 43.9 Å². The fourth-order valence-electron chi connectivity index (χ4n) is 5.76. The highest BCUT2D eigenvalue weighted by Gasteiger charge is 2.32. The molecule has 3 unspecified atom stereocenters. The van der Waals surface area contributed by atoms with Crippen molar-refractivity contribution in [2.24, 2.45) is 0 Å². The van der Waals surface area contributed by atoms with Gasteiger partial charge in [-0.3, -0.25) is 9.69 Å². The van der Waals surface area contributed by atoms with Gasteiger partial charge in [0.2, 0.25) is 0 Å². The summed E-state index contributed by atoms with van der Waals surface area (Å²) in [6, 6.07) is 22.5. The van der Waals surface area contributed by atoms with Gasteiger partial charge in [0.25, 0.3) is 5.91 Å². The molecule has 0 spiro atoms. The molecule has 0 aliphatic carbocycles. The van der Waals surface area contributed by atoms with Gasteiger partial charge in [-0.05, 0) is 78.5 Å². The lowest BCUT2D eigenvalue weighted by molar-refractivity contribution is -0.139. The highest BCUT2D eigenvalue weighted by atomic mass is 32.2. The zero-order valence-electron chi connectivity index (χ0n) is 31.4. The Morgan fingerprint density at radius 2 is 1.61 bits per heavy atom. The molecule has 0 saturated carbocycles. The van der Waals surface area contributed by atoms with E-state index in [1.54, 1.807) is 17.8 Å². The molecule has 3 aromatic carbocycles. The summed E-state index contributed by atoms with van der Waals surface area (Å²) in [6.07, 6.45) is 12.2. The molecule has 1 heterocycles. The lowest BCUT2D eigenvalue weighted by Crippen LogP contribution is -2.42.